The average Bonchev–Trinajstić information content (AvgIpc) is 3.27. The summed E-state index contributed by atoms with van der Waals surface area (Å²) in [6.07, 6.45) is 28.6. The van der Waals surface area contributed by atoms with Crippen molar-refractivity contribution in [2.45, 2.75) is 107 Å². The zero-order valence-electron chi connectivity index (χ0n) is 28.8. The van der Waals surface area contributed by atoms with Crippen LogP contribution < -0.4 is 0 Å². The first-order valence-electron chi connectivity index (χ1n) is 15.9. The normalized spacial score (nSPS) is 30.3. The number of allylic oxidation sites excluding steroid dienone is 18. The maximum Gasteiger partial charge on any atom is 0.162 e. The van der Waals surface area contributed by atoms with Gasteiger partial charge in [0.05, 0.1) is 12.2 Å². The van der Waals surface area contributed by atoms with Gasteiger partial charge in [-0.15, -0.1) is 0 Å². The minimum atomic E-state index is -0.542. The van der Waals surface area contributed by atoms with Gasteiger partial charge in [-0.05, 0) is 76.4 Å². The second-order valence-corrected chi connectivity index (χ2v) is 14.7. The van der Waals surface area contributed by atoms with E-state index in [1.807, 2.05) is 114 Å². The number of hydrogen-bond acceptors (Lipinski definition) is 4. The highest BCUT2D eigenvalue weighted by Crippen LogP contribution is 2.54. The molecule has 2 unspecified atom stereocenters. The number of ketones is 2. The Bertz CT molecular complexity index is 1230. The Kier molecular flexibility index (Phi) is 12.9. The van der Waals surface area contributed by atoms with Crippen LogP contribution in [0.4, 0.5) is 0 Å². The number of aliphatic hydroxyl groups is 2. The van der Waals surface area contributed by atoms with E-state index >= 15 is 0 Å². The third-order valence-electron chi connectivity index (χ3n) is 10.1. The summed E-state index contributed by atoms with van der Waals surface area (Å²) in [5.74, 6) is 0.148. The molecule has 2 fully saturated rings. The predicted molar refractivity (Wildman–Crippen MR) is 185 cm³/mol. The lowest BCUT2D eigenvalue weighted by Crippen LogP contribution is -2.36. The number of aliphatic hydroxyl groups excluding tert-OH is 2. The van der Waals surface area contributed by atoms with Crippen molar-refractivity contribution in [1.82, 2.24) is 0 Å². The Hall–Kier alpha value is -3.08. The molecule has 0 amide bonds. The second kappa shape index (κ2) is 15.3. The third kappa shape index (κ3) is 9.71. The van der Waals surface area contributed by atoms with Crippen LogP contribution in [0.5, 0.6) is 0 Å². The van der Waals surface area contributed by atoms with Crippen LogP contribution in [-0.2, 0) is 9.59 Å². The highest BCUT2D eigenvalue weighted by atomic mass is 16.3. The molecule has 240 valence electrons. The lowest BCUT2D eigenvalue weighted by atomic mass is 9.66. The number of rotatable bonds is 12. The Labute approximate surface area is 267 Å². The van der Waals surface area contributed by atoms with Crippen LogP contribution >= 0.6 is 0 Å². The lowest BCUT2D eigenvalue weighted by Gasteiger charge is -2.35. The molecule has 0 bridgehead atoms. The molecule has 4 heteroatoms. The minimum absolute atomic E-state index is 0.0742. The van der Waals surface area contributed by atoms with Crippen molar-refractivity contribution in [3.8, 4) is 0 Å². The maximum absolute atomic E-state index is 12.9. The molecule has 0 radical (unpaired) electrons. The van der Waals surface area contributed by atoms with Crippen LogP contribution in [0.25, 0.3) is 0 Å². The summed E-state index contributed by atoms with van der Waals surface area (Å²) in [6, 6.07) is 0. The summed E-state index contributed by atoms with van der Waals surface area (Å²) in [5, 5.41) is 20.2. The van der Waals surface area contributed by atoms with E-state index in [1.165, 1.54) is 0 Å². The smallest absolute Gasteiger partial charge is 0.162 e. The molecule has 2 N–H and O–H groups in total. The van der Waals surface area contributed by atoms with Gasteiger partial charge in [0.15, 0.2) is 11.6 Å². The molecule has 0 aromatic rings. The van der Waals surface area contributed by atoms with Crippen LogP contribution in [0.1, 0.15) is 94.9 Å². The topological polar surface area (TPSA) is 74.6 Å². The average molecular weight is 601 g/mol. The van der Waals surface area contributed by atoms with Gasteiger partial charge in [-0.2, -0.15) is 0 Å². The third-order valence-corrected chi connectivity index (χ3v) is 10.1. The molecular weight excluding hydrogens is 544 g/mol. The molecule has 44 heavy (non-hydrogen) atoms. The van der Waals surface area contributed by atoms with Crippen LogP contribution in [0.3, 0.4) is 0 Å². The van der Waals surface area contributed by atoms with E-state index in [2.05, 4.69) is 27.7 Å². The van der Waals surface area contributed by atoms with Crippen molar-refractivity contribution in [1.29, 1.82) is 0 Å². The fraction of sp³-hybridized carbons (Fsp3) is 0.500. The van der Waals surface area contributed by atoms with E-state index in [1.54, 1.807) is 12.2 Å². The number of carbonyl (C=O) groups is 2. The van der Waals surface area contributed by atoms with Crippen LogP contribution in [0, 0.1) is 21.7 Å². The first-order valence-corrected chi connectivity index (χ1v) is 15.9. The zero-order chi connectivity index (χ0) is 33.3. The molecule has 0 heterocycles. The van der Waals surface area contributed by atoms with E-state index in [0.717, 1.165) is 22.3 Å². The van der Waals surface area contributed by atoms with Gasteiger partial charge in [-0.3, -0.25) is 9.59 Å². The summed E-state index contributed by atoms with van der Waals surface area (Å²) in [4.78, 5) is 25.9. The number of hydrogen-bond donors (Lipinski definition) is 2. The molecule has 0 spiro atoms. The monoisotopic (exact) mass is 600 g/mol. The van der Waals surface area contributed by atoms with Gasteiger partial charge in [-0.25, -0.2) is 0 Å². The van der Waals surface area contributed by atoms with Crippen molar-refractivity contribution in [2.24, 2.45) is 21.7 Å². The van der Waals surface area contributed by atoms with E-state index in [4.69, 9.17) is 0 Å². The Morgan fingerprint density at radius 1 is 0.477 bits per heavy atom. The zero-order valence-corrected chi connectivity index (χ0v) is 28.8. The van der Waals surface area contributed by atoms with Crippen LogP contribution in [0.2, 0.25) is 0 Å². The summed E-state index contributed by atoms with van der Waals surface area (Å²) in [6.45, 7) is 20.2. The second-order valence-electron chi connectivity index (χ2n) is 14.7. The first kappa shape index (κ1) is 37.1. The molecule has 0 aliphatic heterocycles. The number of carbonyl (C=O) groups excluding carboxylic acids is 2. The van der Waals surface area contributed by atoms with Crippen LogP contribution in [-0.4, -0.2) is 34.0 Å². The molecule has 0 aromatic heterocycles. The fourth-order valence-corrected chi connectivity index (χ4v) is 6.26. The Morgan fingerprint density at radius 3 is 1.07 bits per heavy atom. The van der Waals surface area contributed by atoms with Gasteiger partial charge in [0.2, 0.25) is 0 Å². The van der Waals surface area contributed by atoms with Gasteiger partial charge in [0.1, 0.15) is 0 Å². The summed E-state index contributed by atoms with van der Waals surface area (Å²) >= 11 is 0. The van der Waals surface area contributed by atoms with Gasteiger partial charge in [0, 0.05) is 10.8 Å². The van der Waals surface area contributed by atoms with E-state index in [9.17, 15) is 19.8 Å². The van der Waals surface area contributed by atoms with E-state index in [-0.39, 0.29) is 22.4 Å². The minimum Gasteiger partial charge on any atom is -0.393 e. The summed E-state index contributed by atoms with van der Waals surface area (Å²) in [7, 11) is 0. The van der Waals surface area contributed by atoms with Gasteiger partial charge in [-0.1, -0.05) is 137 Å². The summed E-state index contributed by atoms with van der Waals surface area (Å²) in [5.41, 5.74) is 2.65. The fourth-order valence-electron chi connectivity index (χ4n) is 6.26. The Balaban J connectivity index is 1.87. The molecule has 0 aromatic carbocycles. The molecular formula is C40H56O4. The van der Waals surface area contributed by atoms with Crippen molar-refractivity contribution in [3.05, 3.63) is 107 Å². The SMILES string of the molecule is CC(/C=C/C=C(C)/C=C/C(=O)C1(C)C[C@@H](O)CC1(C)C)=C\C=C\C=C(C)\C=C\C=C(C)\C=C\C(=O)C1(C)C[C@@H](O)CC1(C)C. The molecule has 2 aliphatic carbocycles. The Morgan fingerprint density at radius 2 is 0.773 bits per heavy atom. The molecule has 0 saturated heterocycles. The molecule has 4 nitrogen and oxygen atoms in total. The van der Waals surface area contributed by atoms with Crippen molar-refractivity contribution >= 4 is 11.6 Å². The lowest BCUT2D eigenvalue weighted by molar-refractivity contribution is -0.128. The quantitative estimate of drug-likeness (QED) is 0.173. The highest BCUT2D eigenvalue weighted by Gasteiger charge is 2.53. The van der Waals surface area contributed by atoms with Crippen molar-refractivity contribution < 1.29 is 19.8 Å². The molecule has 4 atom stereocenters. The predicted octanol–water partition coefficient (Wildman–Crippen LogP) is 9.07. The van der Waals surface area contributed by atoms with Crippen LogP contribution in [0.15, 0.2) is 107 Å². The molecule has 2 rings (SSSR count). The van der Waals surface area contributed by atoms with Gasteiger partial charge in [0.25, 0.3) is 0 Å². The molecule has 2 saturated carbocycles. The van der Waals surface area contributed by atoms with Crippen molar-refractivity contribution in [2.75, 3.05) is 0 Å². The summed E-state index contributed by atoms with van der Waals surface area (Å²) < 4.78 is 0. The van der Waals surface area contributed by atoms with E-state index in [0.29, 0.717) is 25.7 Å². The van der Waals surface area contributed by atoms with Gasteiger partial charge >= 0.3 is 0 Å². The maximum atomic E-state index is 12.9. The first-order chi connectivity index (χ1) is 20.3. The largest absolute Gasteiger partial charge is 0.393 e. The standard InChI is InChI=1S/C40H56O4/c1-29(17-13-19-31(3)21-23-35(43)39(9)27-33(41)25-37(39,5)6)15-11-12-16-30(2)18-14-20-32(4)22-24-36(44)40(10)28-34(42)26-38(40,7)8/h11-24,33-34,41-42H,25-28H2,1-10H3/b12-11+,17-13+,18-14+,23-21+,24-22+,29-15+,30-16+,31-19+,32-20+/t33-,34-,39?,40?/m0/s1. The highest BCUT2D eigenvalue weighted by molar-refractivity contribution is 5.96. The van der Waals surface area contributed by atoms with Gasteiger partial charge < -0.3 is 10.2 Å². The molecule has 2 aliphatic rings. The van der Waals surface area contributed by atoms with E-state index < -0.39 is 23.0 Å². The van der Waals surface area contributed by atoms with Crippen molar-refractivity contribution in [3.63, 3.8) is 0 Å².